The van der Waals surface area contributed by atoms with Crippen LogP contribution in [0.15, 0.2) is 30.3 Å². The lowest BCUT2D eigenvalue weighted by Gasteiger charge is -2.30. The largest absolute Gasteiger partial charge is 0.313 e. The van der Waals surface area contributed by atoms with Gasteiger partial charge in [0.2, 0.25) is 0 Å². The average Bonchev–Trinajstić information content (AvgIpc) is 2.66. The van der Waals surface area contributed by atoms with E-state index in [1.54, 1.807) is 0 Å². The highest BCUT2D eigenvalue weighted by molar-refractivity contribution is 5.19. The average molecular weight is 246 g/mol. The zero-order chi connectivity index (χ0) is 12.8. The summed E-state index contributed by atoms with van der Waals surface area (Å²) in [7, 11) is 0. The molecule has 0 spiro atoms. The molecule has 0 aliphatic carbocycles. The first-order valence-corrected chi connectivity index (χ1v) is 7.37. The van der Waals surface area contributed by atoms with Gasteiger partial charge in [0, 0.05) is 31.7 Å². The minimum atomic E-state index is 0.587. The predicted octanol–water partition coefficient (Wildman–Crippen LogP) is 3.21. The molecule has 0 radical (unpaired) electrons. The molecule has 0 aromatic heterocycles. The lowest BCUT2D eigenvalue weighted by molar-refractivity contribution is 0.203. The molecule has 1 N–H and O–H groups in total. The predicted molar refractivity (Wildman–Crippen MR) is 77.7 cm³/mol. The van der Waals surface area contributed by atoms with E-state index in [2.05, 4.69) is 54.4 Å². The smallest absolute Gasteiger partial charge is 0.0346 e. The molecule has 1 fully saturated rings. The van der Waals surface area contributed by atoms with Gasteiger partial charge in [-0.25, -0.2) is 0 Å². The van der Waals surface area contributed by atoms with Crippen LogP contribution in [0.25, 0.3) is 0 Å². The Kier molecular flexibility index (Phi) is 5.21. The van der Waals surface area contributed by atoms with Crippen molar-refractivity contribution in [2.24, 2.45) is 0 Å². The van der Waals surface area contributed by atoms with Gasteiger partial charge in [0.1, 0.15) is 0 Å². The second-order valence-corrected chi connectivity index (χ2v) is 5.22. The normalized spacial score (nSPS) is 23.6. The molecule has 2 rings (SSSR count). The third kappa shape index (κ3) is 3.33. The van der Waals surface area contributed by atoms with Crippen molar-refractivity contribution in [1.82, 2.24) is 10.2 Å². The van der Waals surface area contributed by atoms with E-state index < -0.39 is 0 Å². The third-order valence-electron chi connectivity index (χ3n) is 4.10. The summed E-state index contributed by atoms with van der Waals surface area (Å²) in [5.41, 5.74) is 1.47. The fourth-order valence-corrected chi connectivity index (χ4v) is 2.99. The molecule has 2 atom stereocenters. The maximum Gasteiger partial charge on any atom is 0.0346 e. The van der Waals surface area contributed by atoms with Crippen molar-refractivity contribution in [3.05, 3.63) is 35.9 Å². The van der Waals surface area contributed by atoms with Gasteiger partial charge in [-0.3, -0.25) is 4.90 Å². The Morgan fingerprint density at radius 3 is 2.67 bits per heavy atom. The quantitative estimate of drug-likeness (QED) is 0.877. The van der Waals surface area contributed by atoms with E-state index in [1.807, 2.05) is 0 Å². The molecule has 18 heavy (non-hydrogen) atoms. The lowest BCUT2D eigenvalue weighted by Crippen LogP contribution is -2.32. The molecule has 1 aliphatic heterocycles. The molecule has 1 aromatic carbocycles. The standard InChI is InChI=1S/C16H26N2/c1-3-15-10-12-18(13-11-17-15)16(4-2)14-8-6-5-7-9-14/h5-9,15-17H,3-4,10-13H2,1-2H3. The first-order chi connectivity index (χ1) is 8.85. The molecule has 1 saturated heterocycles. The van der Waals surface area contributed by atoms with Crippen molar-refractivity contribution in [2.75, 3.05) is 19.6 Å². The van der Waals surface area contributed by atoms with Gasteiger partial charge in [-0.2, -0.15) is 0 Å². The molecule has 1 aliphatic rings. The van der Waals surface area contributed by atoms with Gasteiger partial charge in [0.05, 0.1) is 0 Å². The van der Waals surface area contributed by atoms with Crippen molar-refractivity contribution in [2.45, 2.75) is 45.2 Å². The summed E-state index contributed by atoms with van der Waals surface area (Å²) >= 11 is 0. The molecule has 0 amide bonds. The summed E-state index contributed by atoms with van der Waals surface area (Å²) in [4.78, 5) is 2.65. The monoisotopic (exact) mass is 246 g/mol. The van der Waals surface area contributed by atoms with Crippen molar-refractivity contribution >= 4 is 0 Å². The number of nitrogens with one attached hydrogen (secondary N) is 1. The van der Waals surface area contributed by atoms with Gasteiger partial charge >= 0.3 is 0 Å². The molecule has 0 saturated carbocycles. The summed E-state index contributed by atoms with van der Waals surface area (Å²) in [5, 5.41) is 3.65. The van der Waals surface area contributed by atoms with Crippen LogP contribution in [-0.2, 0) is 0 Å². The number of hydrogen-bond donors (Lipinski definition) is 1. The summed E-state index contributed by atoms with van der Waals surface area (Å²) < 4.78 is 0. The minimum absolute atomic E-state index is 0.587. The van der Waals surface area contributed by atoms with E-state index in [1.165, 1.54) is 37.9 Å². The maximum absolute atomic E-state index is 3.65. The van der Waals surface area contributed by atoms with Crippen LogP contribution in [-0.4, -0.2) is 30.6 Å². The van der Waals surface area contributed by atoms with Crippen LogP contribution in [0.3, 0.4) is 0 Å². The fraction of sp³-hybridized carbons (Fsp3) is 0.625. The van der Waals surface area contributed by atoms with Gasteiger partial charge in [-0.15, -0.1) is 0 Å². The summed E-state index contributed by atoms with van der Waals surface area (Å²) in [6.07, 6.45) is 3.72. The van der Waals surface area contributed by atoms with E-state index in [0.717, 1.165) is 6.54 Å². The molecule has 1 aromatic rings. The van der Waals surface area contributed by atoms with Gasteiger partial charge in [0.15, 0.2) is 0 Å². The minimum Gasteiger partial charge on any atom is -0.313 e. The van der Waals surface area contributed by atoms with Crippen molar-refractivity contribution in [1.29, 1.82) is 0 Å². The first kappa shape index (κ1) is 13.6. The van der Waals surface area contributed by atoms with Crippen molar-refractivity contribution in [3.8, 4) is 0 Å². The van der Waals surface area contributed by atoms with Crippen LogP contribution < -0.4 is 5.32 Å². The van der Waals surface area contributed by atoms with E-state index >= 15 is 0 Å². The van der Waals surface area contributed by atoms with E-state index in [9.17, 15) is 0 Å². The van der Waals surface area contributed by atoms with Crippen LogP contribution in [0.4, 0.5) is 0 Å². The molecule has 100 valence electrons. The van der Waals surface area contributed by atoms with E-state index in [-0.39, 0.29) is 0 Å². The van der Waals surface area contributed by atoms with Gasteiger partial charge < -0.3 is 5.32 Å². The first-order valence-electron chi connectivity index (χ1n) is 7.37. The van der Waals surface area contributed by atoms with Crippen molar-refractivity contribution in [3.63, 3.8) is 0 Å². The molecule has 2 heteroatoms. The highest BCUT2D eigenvalue weighted by Gasteiger charge is 2.21. The maximum atomic E-state index is 3.65. The van der Waals surface area contributed by atoms with Crippen molar-refractivity contribution < 1.29 is 0 Å². The van der Waals surface area contributed by atoms with Gasteiger partial charge in [-0.1, -0.05) is 44.2 Å². The Hall–Kier alpha value is -0.860. The zero-order valence-corrected chi connectivity index (χ0v) is 11.7. The SMILES string of the molecule is CCC1CCN(C(CC)c2ccccc2)CCN1. The number of hydrogen-bond acceptors (Lipinski definition) is 2. The zero-order valence-electron chi connectivity index (χ0n) is 11.7. The summed E-state index contributed by atoms with van der Waals surface area (Å²) in [5.74, 6) is 0. The summed E-state index contributed by atoms with van der Waals surface area (Å²) in [6.45, 7) is 8.10. The Bertz CT molecular complexity index is 336. The molecule has 0 bridgehead atoms. The molecular formula is C16H26N2. The molecule has 2 nitrogen and oxygen atoms in total. The Balaban J connectivity index is 2.04. The topological polar surface area (TPSA) is 15.3 Å². The Morgan fingerprint density at radius 1 is 1.22 bits per heavy atom. The Labute approximate surface area is 111 Å². The van der Waals surface area contributed by atoms with Crippen LogP contribution >= 0.6 is 0 Å². The second-order valence-electron chi connectivity index (χ2n) is 5.22. The van der Waals surface area contributed by atoms with Gasteiger partial charge in [0.25, 0.3) is 0 Å². The number of nitrogens with zero attached hydrogens (tertiary/aromatic N) is 1. The lowest BCUT2D eigenvalue weighted by atomic mass is 10.0. The highest BCUT2D eigenvalue weighted by atomic mass is 15.2. The third-order valence-corrected chi connectivity index (χ3v) is 4.10. The molecule has 2 unspecified atom stereocenters. The highest BCUT2D eigenvalue weighted by Crippen LogP contribution is 2.25. The van der Waals surface area contributed by atoms with E-state index in [4.69, 9.17) is 0 Å². The van der Waals surface area contributed by atoms with E-state index in [0.29, 0.717) is 12.1 Å². The van der Waals surface area contributed by atoms with Crippen LogP contribution in [0.5, 0.6) is 0 Å². The number of rotatable bonds is 4. The van der Waals surface area contributed by atoms with Gasteiger partial charge in [-0.05, 0) is 24.8 Å². The second kappa shape index (κ2) is 6.91. The van der Waals surface area contributed by atoms with Crippen LogP contribution in [0.1, 0.15) is 44.7 Å². The fourth-order valence-electron chi connectivity index (χ4n) is 2.99. The summed E-state index contributed by atoms with van der Waals surface area (Å²) in [6, 6.07) is 12.2. The van der Waals surface area contributed by atoms with Crippen LogP contribution in [0.2, 0.25) is 0 Å². The van der Waals surface area contributed by atoms with Crippen LogP contribution in [0, 0.1) is 0 Å². The molecule has 1 heterocycles. The molecular weight excluding hydrogens is 220 g/mol. The Morgan fingerprint density at radius 2 is 2.00 bits per heavy atom. The number of benzene rings is 1.